The molecule has 270 valence electrons. The molecule has 48 heavy (non-hydrogen) atoms. The van der Waals surface area contributed by atoms with Crippen molar-refractivity contribution in [2.45, 2.75) is 116 Å². The zero-order chi connectivity index (χ0) is 34.1. The molecule has 4 saturated carbocycles. The van der Waals surface area contributed by atoms with Crippen LogP contribution in [0.25, 0.3) is 0 Å². The number of rotatable bonds is 15. The van der Waals surface area contributed by atoms with E-state index >= 15 is 0 Å². The smallest absolute Gasteiger partial charge is 0.309 e. The minimum absolute atomic E-state index is 0.00529. The highest BCUT2D eigenvalue weighted by atomic mass is 16.6. The Morgan fingerprint density at radius 1 is 0.292 bits per heavy atom. The van der Waals surface area contributed by atoms with E-state index in [4.69, 9.17) is 28.4 Å². The molecule has 4 unspecified atom stereocenters. The Morgan fingerprint density at radius 2 is 0.500 bits per heavy atom. The summed E-state index contributed by atoms with van der Waals surface area (Å²) in [5, 5.41) is 0. The van der Waals surface area contributed by atoms with E-state index in [1.807, 2.05) is 0 Å². The van der Waals surface area contributed by atoms with Crippen LogP contribution in [0.15, 0.2) is 0 Å². The van der Waals surface area contributed by atoms with Crippen molar-refractivity contribution in [2.75, 3.05) is 39.6 Å². The van der Waals surface area contributed by atoms with Gasteiger partial charge in [0.15, 0.2) is 0 Å². The fourth-order valence-electron chi connectivity index (χ4n) is 7.47. The summed E-state index contributed by atoms with van der Waals surface area (Å²) in [5.41, 5.74) is 0. The molecule has 0 spiro atoms. The minimum atomic E-state index is -0.447. The lowest BCUT2D eigenvalue weighted by Crippen LogP contribution is -2.32. The highest BCUT2D eigenvalue weighted by molar-refractivity contribution is 5.78. The highest BCUT2D eigenvalue weighted by Gasteiger charge is 2.35. The van der Waals surface area contributed by atoms with Crippen LogP contribution in [0, 0.1) is 35.5 Å². The molecular formula is C36H54O12. The molecule has 0 radical (unpaired) electrons. The van der Waals surface area contributed by atoms with E-state index < -0.39 is 47.5 Å². The standard InChI is InChI=1S/C36H54O12/c37-31(25-9-3-1-4-10-25)43-17-19-45-33(39)27-13-7-15-29(23-27)35(41)47-21-22-48-36(42)30-16-8-14-28(24-30)34(40)46-20-18-44-32(38)26-11-5-2-6-12-26/h25-30H,1-24H2. The van der Waals surface area contributed by atoms with Crippen LogP contribution < -0.4 is 0 Å². The summed E-state index contributed by atoms with van der Waals surface area (Å²) in [6, 6.07) is 0. The molecule has 0 aromatic rings. The average Bonchev–Trinajstić information content (AvgIpc) is 3.13. The van der Waals surface area contributed by atoms with Crippen LogP contribution in [0.4, 0.5) is 0 Å². The van der Waals surface area contributed by atoms with Crippen molar-refractivity contribution in [1.82, 2.24) is 0 Å². The number of hydrogen-bond acceptors (Lipinski definition) is 12. The first kappa shape index (κ1) is 37.6. The van der Waals surface area contributed by atoms with Gasteiger partial charge in [0.1, 0.15) is 39.6 Å². The number of carbonyl (C=O) groups is 6. The van der Waals surface area contributed by atoms with Crippen LogP contribution in [0.3, 0.4) is 0 Å². The number of esters is 6. The third-order valence-corrected chi connectivity index (χ3v) is 10.3. The molecule has 4 aliphatic rings. The molecule has 4 atom stereocenters. The minimum Gasteiger partial charge on any atom is -0.462 e. The van der Waals surface area contributed by atoms with Crippen LogP contribution >= 0.6 is 0 Å². The highest BCUT2D eigenvalue weighted by Crippen LogP contribution is 2.32. The van der Waals surface area contributed by atoms with Crippen LogP contribution in [0.1, 0.15) is 116 Å². The molecule has 0 aromatic carbocycles. The third-order valence-electron chi connectivity index (χ3n) is 10.3. The first-order valence-corrected chi connectivity index (χ1v) is 18.3. The maximum atomic E-state index is 12.7. The summed E-state index contributed by atoms with van der Waals surface area (Å²) >= 11 is 0. The van der Waals surface area contributed by atoms with Crippen LogP contribution in [-0.2, 0) is 57.2 Å². The second kappa shape index (κ2) is 20.4. The maximum Gasteiger partial charge on any atom is 0.309 e. The van der Waals surface area contributed by atoms with E-state index in [1.165, 1.54) is 0 Å². The molecule has 12 heteroatoms. The molecule has 0 aliphatic heterocycles. The second-order valence-electron chi connectivity index (χ2n) is 13.8. The van der Waals surface area contributed by atoms with E-state index in [0.29, 0.717) is 51.4 Å². The van der Waals surface area contributed by atoms with Gasteiger partial charge in [-0.1, -0.05) is 51.4 Å². The van der Waals surface area contributed by atoms with Crippen molar-refractivity contribution in [1.29, 1.82) is 0 Å². The van der Waals surface area contributed by atoms with Crippen molar-refractivity contribution in [3.8, 4) is 0 Å². The number of ether oxygens (including phenoxy) is 6. The molecule has 0 heterocycles. The SMILES string of the molecule is O=C(OCCOC(=O)C1CCCC(C(=O)OCCOC(=O)C2CCCC(C(=O)OCCOC(=O)C3CCCCC3)C2)C1)C1CCCCC1. The molecule has 0 bridgehead atoms. The average molecular weight is 679 g/mol. The van der Waals surface area contributed by atoms with E-state index in [0.717, 1.165) is 64.2 Å². The fourth-order valence-corrected chi connectivity index (χ4v) is 7.47. The Kier molecular flexibility index (Phi) is 16.0. The van der Waals surface area contributed by atoms with E-state index in [2.05, 4.69) is 0 Å². The van der Waals surface area contributed by atoms with Gasteiger partial charge in [0.25, 0.3) is 0 Å². The predicted molar refractivity (Wildman–Crippen MR) is 170 cm³/mol. The first-order chi connectivity index (χ1) is 23.3. The van der Waals surface area contributed by atoms with Crippen molar-refractivity contribution < 1.29 is 57.2 Å². The normalized spacial score (nSPS) is 25.2. The summed E-state index contributed by atoms with van der Waals surface area (Å²) < 4.78 is 32.0. The van der Waals surface area contributed by atoms with Gasteiger partial charge in [-0.25, -0.2) is 0 Å². The summed E-state index contributed by atoms with van der Waals surface area (Å²) in [4.78, 5) is 74.9. The number of hydrogen-bond donors (Lipinski definition) is 0. The molecule has 12 nitrogen and oxygen atoms in total. The zero-order valence-corrected chi connectivity index (χ0v) is 28.3. The summed E-state index contributed by atoms with van der Waals surface area (Å²) in [6.07, 6.45) is 14.3. The van der Waals surface area contributed by atoms with Gasteiger partial charge in [-0.3, -0.25) is 28.8 Å². The lowest BCUT2D eigenvalue weighted by Gasteiger charge is -2.27. The molecule has 4 aliphatic carbocycles. The molecule has 0 amide bonds. The zero-order valence-electron chi connectivity index (χ0n) is 28.3. The van der Waals surface area contributed by atoms with Crippen LogP contribution in [0.5, 0.6) is 0 Å². The van der Waals surface area contributed by atoms with Gasteiger partial charge in [0, 0.05) is 0 Å². The molecule has 4 fully saturated rings. The van der Waals surface area contributed by atoms with Gasteiger partial charge in [-0.2, -0.15) is 0 Å². The predicted octanol–water partition coefficient (Wildman–Crippen LogP) is 5.02. The lowest BCUT2D eigenvalue weighted by atomic mass is 9.81. The van der Waals surface area contributed by atoms with Gasteiger partial charge >= 0.3 is 35.8 Å². The van der Waals surface area contributed by atoms with Gasteiger partial charge in [0.2, 0.25) is 0 Å². The van der Waals surface area contributed by atoms with Gasteiger partial charge < -0.3 is 28.4 Å². The molecule has 0 aromatic heterocycles. The second-order valence-corrected chi connectivity index (χ2v) is 13.8. The molecule has 4 rings (SSSR count). The van der Waals surface area contributed by atoms with Gasteiger partial charge in [0.05, 0.1) is 35.5 Å². The monoisotopic (exact) mass is 678 g/mol. The lowest BCUT2D eigenvalue weighted by molar-refractivity contribution is -0.163. The van der Waals surface area contributed by atoms with Crippen molar-refractivity contribution >= 4 is 35.8 Å². The molecule has 0 N–H and O–H groups in total. The molecule has 0 saturated heterocycles. The first-order valence-electron chi connectivity index (χ1n) is 18.3. The van der Waals surface area contributed by atoms with Gasteiger partial charge in [-0.15, -0.1) is 0 Å². The van der Waals surface area contributed by atoms with Gasteiger partial charge in [-0.05, 0) is 64.2 Å². The van der Waals surface area contributed by atoms with Crippen LogP contribution in [-0.4, -0.2) is 75.5 Å². The topological polar surface area (TPSA) is 158 Å². The number of carbonyl (C=O) groups excluding carboxylic acids is 6. The maximum absolute atomic E-state index is 12.7. The summed E-state index contributed by atoms with van der Waals surface area (Å²) in [6.45, 7) is -0.144. The van der Waals surface area contributed by atoms with Crippen molar-refractivity contribution in [2.24, 2.45) is 35.5 Å². The largest absolute Gasteiger partial charge is 0.462 e. The quantitative estimate of drug-likeness (QED) is 0.130. The Labute approximate surface area is 283 Å². The third kappa shape index (κ3) is 12.4. The Balaban J connectivity index is 1.05. The Hall–Kier alpha value is -3.18. The molecular weight excluding hydrogens is 624 g/mol. The summed E-state index contributed by atoms with van der Waals surface area (Å²) in [5.74, 6) is -3.97. The Bertz CT molecular complexity index is 993. The fraction of sp³-hybridized carbons (Fsp3) is 0.833. The van der Waals surface area contributed by atoms with E-state index in [-0.39, 0.29) is 63.4 Å². The van der Waals surface area contributed by atoms with Crippen molar-refractivity contribution in [3.05, 3.63) is 0 Å². The van der Waals surface area contributed by atoms with Crippen LogP contribution in [0.2, 0.25) is 0 Å². The summed E-state index contributed by atoms with van der Waals surface area (Å²) in [7, 11) is 0. The van der Waals surface area contributed by atoms with E-state index in [9.17, 15) is 28.8 Å². The van der Waals surface area contributed by atoms with Crippen molar-refractivity contribution in [3.63, 3.8) is 0 Å². The Morgan fingerprint density at radius 3 is 0.750 bits per heavy atom. The van der Waals surface area contributed by atoms with E-state index in [1.54, 1.807) is 0 Å².